The quantitative estimate of drug-likeness (QED) is 0.349. The minimum absolute atomic E-state index is 0.0946. The van der Waals surface area contributed by atoms with E-state index >= 15 is 0 Å². The van der Waals surface area contributed by atoms with Crippen LogP contribution in [0.2, 0.25) is 0 Å². The van der Waals surface area contributed by atoms with Gasteiger partial charge >= 0.3 is 6.03 Å². The smallest absolute Gasteiger partial charge is 0.320 e. The van der Waals surface area contributed by atoms with Crippen LogP contribution >= 0.6 is 0 Å². The van der Waals surface area contributed by atoms with Gasteiger partial charge in [0.2, 0.25) is 0 Å². The summed E-state index contributed by atoms with van der Waals surface area (Å²) in [7, 11) is 0. The molecule has 4 N–H and O–H groups in total. The Morgan fingerprint density at radius 2 is 1.78 bits per heavy atom. The van der Waals surface area contributed by atoms with Crippen molar-refractivity contribution in [3.8, 4) is 0 Å². The van der Waals surface area contributed by atoms with E-state index in [0.717, 1.165) is 36.8 Å². The second kappa shape index (κ2) is 10.6. The number of ether oxygens (including phenoxy) is 3. The molecule has 0 radical (unpaired) electrons. The Labute approximate surface area is 236 Å². The highest BCUT2D eigenvalue weighted by Crippen LogP contribution is 2.49. The van der Waals surface area contributed by atoms with Gasteiger partial charge in [0.15, 0.2) is 35.1 Å². The van der Waals surface area contributed by atoms with Gasteiger partial charge in [0, 0.05) is 25.4 Å². The van der Waals surface area contributed by atoms with Gasteiger partial charge in [0.25, 0.3) is 5.91 Å². The third-order valence-corrected chi connectivity index (χ3v) is 8.40. The molecule has 4 atom stereocenters. The molecule has 7 rings (SSSR count). The summed E-state index contributed by atoms with van der Waals surface area (Å²) in [4.78, 5) is 39.0. The molecule has 2 aliphatic heterocycles. The first-order valence-electron chi connectivity index (χ1n) is 14.2. The Morgan fingerprint density at radius 1 is 1.02 bits per heavy atom. The number of hydrogen-bond acceptors (Lipinski definition) is 9. The highest BCUT2D eigenvalue weighted by Gasteiger charge is 2.62. The number of aromatic nitrogens is 4. The van der Waals surface area contributed by atoms with E-state index in [2.05, 4.69) is 43.0 Å². The molecule has 0 bridgehead atoms. The number of aliphatic hydroxyl groups excluding tert-OH is 1. The van der Waals surface area contributed by atoms with Crippen molar-refractivity contribution in [1.29, 1.82) is 0 Å². The molecule has 1 aromatic carbocycles. The Morgan fingerprint density at radius 3 is 2.54 bits per heavy atom. The second-order valence-electron chi connectivity index (χ2n) is 11.1. The van der Waals surface area contributed by atoms with Crippen molar-refractivity contribution in [2.24, 2.45) is 0 Å². The first-order chi connectivity index (χ1) is 20.0. The fourth-order valence-corrected chi connectivity index (χ4v) is 6.55. The standard InChI is InChI=1S/C28H33N7O6/c36-11-10-29-25(37)21-20-22(41-28(40-20)12-16-6-4-5-7-17(16)13-28)26(39-21)35-15-32-19-23(30-14-31-24(19)35)34-27(38)33-18-8-2-1-3-9-18/h4-7,14-15,18,20-22,26,36H,1-3,8-13H2,(H,29,37)(H2,30,31,33,34,38)/t20?,21-,22?,26+/m0/s1. The molecule has 3 amide bonds. The summed E-state index contributed by atoms with van der Waals surface area (Å²) in [6.07, 6.45) is 6.29. The molecule has 1 spiro atoms. The van der Waals surface area contributed by atoms with Crippen LogP contribution < -0.4 is 16.0 Å². The molecule has 2 aliphatic carbocycles. The summed E-state index contributed by atoms with van der Waals surface area (Å²) in [5.74, 6) is -1.03. The van der Waals surface area contributed by atoms with E-state index < -0.39 is 36.2 Å². The Bertz CT molecular complexity index is 1430. The minimum atomic E-state index is -0.974. The van der Waals surface area contributed by atoms with Crippen molar-refractivity contribution in [2.45, 2.75) is 81.3 Å². The number of benzene rings is 1. The highest BCUT2D eigenvalue weighted by atomic mass is 16.8. The van der Waals surface area contributed by atoms with Crippen LogP contribution in [-0.4, -0.2) is 79.9 Å². The zero-order valence-corrected chi connectivity index (χ0v) is 22.5. The third kappa shape index (κ3) is 4.82. The molecule has 4 aliphatic rings. The molecule has 1 saturated carbocycles. The number of imidazole rings is 1. The number of carbonyl (C=O) groups excluding carboxylic acids is 2. The van der Waals surface area contributed by atoms with Gasteiger partial charge in [-0.2, -0.15) is 0 Å². The van der Waals surface area contributed by atoms with E-state index in [0.29, 0.717) is 24.0 Å². The van der Waals surface area contributed by atoms with Gasteiger partial charge in [-0.15, -0.1) is 0 Å². The predicted octanol–water partition coefficient (Wildman–Crippen LogP) is 1.57. The van der Waals surface area contributed by atoms with E-state index in [1.54, 1.807) is 10.9 Å². The Kier molecular flexibility index (Phi) is 6.81. The maximum atomic E-state index is 13.1. The SMILES string of the molecule is O=C(Nc1ncnc2c1ncn2[C@@H]1O[C@H](C(=O)NCCO)C2OC3(Cc4ccccc4C3)OC21)NC1CCCCC1. The average molecular weight is 564 g/mol. The lowest BCUT2D eigenvalue weighted by Gasteiger charge is -2.27. The highest BCUT2D eigenvalue weighted by molar-refractivity contribution is 5.96. The van der Waals surface area contributed by atoms with E-state index in [1.807, 2.05) is 12.1 Å². The third-order valence-electron chi connectivity index (χ3n) is 8.40. The van der Waals surface area contributed by atoms with Crippen molar-refractivity contribution >= 4 is 28.9 Å². The van der Waals surface area contributed by atoms with Gasteiger partial charge in [-0.1, -0.05) is 43.5 Å². The lowest BCUT2D eigenvalue weighted by molar-refractivity contribution is -0.211. The van der Waals surface area contributed by atoms with Crippen LogP contribution in [0.15, 0.2) is 36.9 Å². The summed E-state index contributed by atoms with van der Waals surface area (Å²) in [5, 5.41) is 17.8. The zero-order valence-electron chi connectivity index (χ0n) is 22.5. The molecule has 216 valence electrons. The fourth-order valence-electron chi connectivity index (χ4n) is 6.55. The minimum Gasteiger partial charge on any atom is -0.395 e. The van der Waals surface area contributed by atoms with Gasteiger partial charge in [-0.3, -0.25) is 14.7 Å². The molecule has 3 aromatic rings. The normalized spacial score (nSPS) is 26.7. The largest absolute Gasteiger partial charge is 0.395 e. The van der Waals surface area contributed by atoms with Crippen LogP contribution in [0.3, 0.4) is 0 Å². The van der Waals surface area contributed by atoms with Gasteiger partial charge in [-0.05, 0) is 24.0 Å². The number of urea groups is 1. The van der Waals surface area contributed by atoms with Crippen molar-refractivity contribution in [2.75, 3.05) is 18.5 Å². The number of aliphatic hydroxyl groups is 1. The number of rotatable bonds is 6. The monoisotopic (exact) mass is 563 g/mol. The van der Waals surface area contributed by atoms with E-state index in [1.165, 1.54) is 12.7 Å². The number of nitrogens with zero attached hydrogens (tertiary/aromatic N) is 4. The number of anilines is 1. The maximum absolute atomic E-state index is 13.1. The molecule has 13 heteroatoms. The van der Waals surface area contributed by atoms with Gasteiger partial charge in [-0.25, -0.2) is 19.7 Å². The average Bonchev–Trinajstić information content (AvgIpc) is 3.73. The molecule has 2 unspecified atom stereocenters. The Hall–Kier alpha value is -3.65. The Balaban J connectivity index is 1.16. The van der Waals surface area contributed by atoms with Gasteiger partial charge in [0.1, 0.15) is 18.5 Å². The number of fused-ring (bicyclic) bond motifs is 3. The van der Waals surface area contributed by atoms with Crippen molar-refractivity contribution in [3.05, 3.63) is 48.0 Å². The summed E-state index contributed by atoms with van der Waals surface area (Å²) < 4.78 is 21.1. The molecule has 2 aromatic heterocycles. The van der Waals surface area contributed by atoms with Crippen molar-refractivity contribution < 1.29 is 28.9 Å². The summed E-state index contributed by atoms with van der Waals surface area (Å²) in [5.41, 5.74) is 3.11. The summed E-state index contributed by atoms with van der Waals surface area (Å²) in [6, 6.07) is 7.91. The van der Waals surface area contributed by atoms with E-state index in [4.69, 9.17) is 14.2 Å². The van der Waals surface area contributed by atoms with Crippen LogP contribution in [0.25, 0.3) is 11.2 Å². The maximum Gasteiger partial charge on any atom is 0.320 e. The molecular formula is C28H33N7O6. The first-order valence-corrected chi connectivity index (χ1v) is 14.2. The van der Waals surface area contributed by atoms with Gasteiger partial charge in [0.05, 0.1) is 12.9 Å². The lowest BCUT2D eigenvalue weighted by atomic mass is 9.96. The van der Waals surface area contributed by atoms with E-state index in [-0.39, 0.29) is 31.0 Å². The molecule has 4 heterocycles. The van der Waals surface area contributed by atoms with Crippen LogP contribution in [0.5, 0.6) is 0 Å². The molecule has 41 heavy (non-hydrogen) atoms. The molecule has 3 fully saturated rings. The van der Waals surface area contributed by atoms with E-state index in [9.17, 15) is 14.7 Å². The molecular weight excluding hydrogens is 530 g/mol. The molecule has 13 nitrogen and oxygen atoms in total. The first kappa shape index (κ1) is 26.3. The van der Waals surface area contributed by atoms with Crippen LogP contribution in [-0.2, 0) is 31.8 Å². The lowest BCUT2D eigenvalue weighted by Crippen LogP contribution is -2.44. The second-order valence-corrected chi connectivity index (χ2v) is 11.1. The summed E-state index contributed by atoms with van der Waals surface area (Å²) >= 11 is 0. The van der Waals surface area contributed by atoms with Crippen molar-refractivity contribution in [3.63, 3.8) is 0 Å². The number of nitrogens with one attached hydrogen (secondary N) is 3. The van der Waals surface area contributed by atoms with Crippen LogP contribution in [0, 0.1) is 0 Å². The summed E-state index contributed by atoms with van der Waals surface area (Å²) in [6.45, 7) is -0.100. The number of amides is 3. The number of carbonyl (C=O) groups is 2. The fraction of sp³-hybridized carbons (Fsp3) is 0.536. The van der Waals surface area contributed by atoms with Gasteiger partial charge < -0.3 is 30.0 Å². The molecule has 2 saturated heterocycles. The van der Waals surface area contributed by atoms with Crippen LogP contribution in [0.4, 0.5) is 10.6 Å². The van der Waals surface area contributed by atoms with Crippen molar-refractivity contribution in [1.82, 2.24) is 30.2 Å². The zero-order chi connectivity index (χ0) is 28.0. The topological polar surface area (TPSA) is 162 Å². The predicted molar refractivity (Wildman–Crippen MR) is 145 cm³/mol. The van der Waals surface area contributed by atoms with Crippen LogP contribution in [0.1, 0.15) is 49.5 Å². The number of hydrogen-bond donors (Lipinski definition) is 4.